The summed E-state index contributed by atoms with van der Waals surface area (Å²) in [5.74, 6) is 1.61. The lowest BCUT2D eigenvalue weighted by Gasteiger charge is -2.11. The molecule has 20 heavy (non-hydrogen) atoms. The van der Waals surface area contributed by atoms with E-state index in [0.717, 1.165) is 12.0 Å². The number of nitrogens with one attached hydrogen (secondary N) is 1. The highest BCUT2D eigenvalue weighted by Crippen LogP contribution is 2.24. The van der Waals surface area contributed by atoms with Crippen LogP contribution in [0, 0.1) is 0 Å². The maximum absolute atomic E-state index is 11.7. The van der Waals surface area contributed by atoms with Crippen LogP contribution in [0.15, 0.2) is 18.2 Å². The third-order valence-corrected chi connectivity index (χ3v) is 4.45. The van der Waals surface area contributed by atoms with Gasteiger partial charge < -0.3 is 9.47 Å². The fourth-order valence-corrected chi connectivity index (χ4v) is 3.03. The van der Waals surface area contributed by atoms with E-state index in [0.29, 0.717) is 30.9 Å². The Kier molecular flexibility index (Phi) is 6.81. The van der Waals surface area contributed by atoms with Gasteiger partial charge in [-0.05, 0) is 24.5 Å². The van der Waals surface area contributed by atoms with Gasteiger partial charge in [0.1, 0.15) is 11.5 Å². The van der Waals surface area contributed by atoms with Crippen molar-refractivity contribution in [3.63, 3.8) is 0 Å². The molecule has 0 aromatic heterocycles. The Balaban J connectivity index is 2.57. The van der Waals surface area contributed by atoms with Crippen LogP contribution in [0.5, 0.6) is 11.5 Å². The van der Waals surface area contributed by atoms with E-state index in [2.05, 4.69) is 4.72 Å². The summed E-state index contributed by atoms with van der Waals surface area (Å²) in [6.45, 7) is 2.34. The zero-order chi connectivity index (χ0) is 15.0. The summed E-state index contributed by atoms with van der Waals surface area (Å²) in [5.41, 5.74) is 0.950. The highest BCUT2D eigenvalue weighted by molar-refractivity contribution is 7.89. The second-order valence-corrected chi connectivity index (χ2v) is 6.42. The van der Waals surface area contributed by atoms with Crippen LogP contribution in [0.1, 0.15) is 25.3 Å². The molecule has 0 unspecified atom stereocenters. The number of benzene rings is 1. The number of methoxy groups -OCH3 is 2. The summed E-state index contributed by atoms with van der Waals surface area (Å²) in [5, 5.41) is 0. The van der Waals surface area contributed by atoms with E-state index in [1.165, 1.54) is 0 Å². The molecule has 0 atom stereocenters. The molecule has 0 saturated carbocycles. The van der Waals surface area contributed by atoms with Gasteiger partial charge in [-0.15, -0.1) is 0 Å². The molecule has 0 bridgehead atoms. The van der Waals surface area contributed by atoms with Crippen LogP contribution >= 0.6 is 0 Å². The molecule has 5 nitrogen and oxygen atoms in total. The predicted octanol–water partition coefficient (Wildman–Crippen LogP) is 1.97. The Morgan fingerprint density at radius 2 is 1.95 bits per heavy atom. The van der Waals surface area contributed by atoms with E-state index >= 15 is 0 Å². The van der Waals surface area contributed by atoms with Crippen LogP contribution in [0.2, 0.25) is 0 Å². The topological polar surface area (TPSA) is 64.6 Å². The van der Waals surface area contributed by atoms with E-state index in [-0.39, 0.29) is 5.75 Å². The minimum Gasteiger partial charge on any atom is -0.497 e. The molecule has 1 aromatic carbocycles. The maximum atomic E-state index is 11.7. The highest BCUT2D eigenvalue weighted by atomic mass is 32.2. The van der Waals surface area contributed by atoms with Crippen molar-refractivity contribution in [3.05, 3.63) is 23.8 Å². The van der Waals surface area contributed by atoms with Crippen molar-refractivity contribution in [1.82, 2.24) is 4.72 Å². The van der Waals surface area contributed by atoms with Crippen LogP contribution in [-0.4, -0.2) is 34.9 Å². The molecule has 0 heterocycles. The Morgan fingerprint density at radius 1 is 1.20 bits per heavy atom. The Hall–Kier alpha value is -1.27. The second kappa shape index (κ2) is 8.11. The van der Waals surface area contributed by atoms with E-state index < -0.39 is 10.0 Å². The maximum Gasteiger partial charge on any atom is 0.211 e. The molecule has 1 aromatic rings. The van der Waals surface area contributed by atoms with Crippen molar-refractivity contribution < 1.29 is 17.9 Å². The monoisotopic (exact) mass is 301 g/mol. The molecule has 0 radical (unpaired) electrons. The van der Waals surface area contributed by atoms with Crippen molar-refractivity contribution in [3.8, 4) is 11.5 Å². The first-order valence-electron chi connectivity index (χ1n) is 6.70. The predicted molar refractivity (Wildman–Crippen MR) is 79.9 cm³/mol. The smallest absolute Gasteiger partial charge is 0.211 e. The summed E-state index contributed by atoms with van der Waals surface area (Å²) in [4.78, 5) is 0. The first-order valence-corrected chi connectivity index (χ1v) is 8.36. The van der Waals surface area contributed by atoms with Crippen molar-refractivity contribution in [2.75, 3.05) is 26.5 Å². The fourth-order valence-electron chi connectivity index (χ4n) is 1.81. The zero-order valence-electron chi connectivity index (χ0n) is 12.3. The zero-order valence-corrected chi connectivity index (χ0v) is 13.1. The number of ether oxygens (including phenoxy) is 2. The van der Waals surface area contributed by atoms with Gasteiger partial charge in [0.25, 0.3) is 0 Å². The van der Waals surface area contributed by atoms with Gasteiger partial charge in [-0.2, -0.15) is 0 Å². The molecule has 114 valence electrons. The Morgan fingerprint density at radius 3 is 2.55 bits per heavy atom. The van der Waals surface area contributed by atoms with Crippen molar-refractivity contribution in [2.24, 2.45) is 0 Å². The molecule has 1 rings (SSSR count). The van der Waals surface area contributed by atoms with Crippen molar-refractivity contribution >= 4 is 10.0 Å². The lowest BCUT2D eigenvalue weighted by molar-refractivity contribution is 0.391. The minimum atomic E-state index is -3.16. The molecule has 0 aliphatic heterocycles. The summed E-state index contributed by atoms with van der Waals surface area (Å²) in [6, 6.07) is 5.52. The molecule has 0 amide bonds. The minimum absolute atomic E-state index is 0.184. The van der Waals surface area contributed by atoms with Crippen LogP contribution in [-0.2, 0) is 16.4 Å². The molecule has 0 saturated heterocycles. The second-order valence-electron chi connectivity index (χ2n) is 4.49. The van der Waals surface area contributed by atoms with Gasteiger partial charge in [0, 0.05) is 12.6 Å². The van der Waals surface area contributed by atoms with Gasteiger partial charge in [0.15, 0.2) is 0 Å². The molecular weight excluding hydrogens is 278 g/mol. The van der Waals surface area contributed by atoms with E-state index in [9.17, 15) is 8.42 Å². The van der Waals surface area contributed by atoms with Gasteiger partial charge >= 0.3 is 0 Å². The quantitative estimate of drug-likeness (QED) is 0.757. The Bertz CT molecular complexity index is 514. The van der Waals surface area contributed by atoms with Gasteiger partial charge in [-0.25, -0.2) is 13.1 Å². The number of hydrogen-bond acceptors (Lipinski definition) is 4. The average molecular weight is 301 g/mol. The van der Waals surface area contributed by atoms with E-state index in [1.54, 1.807) is 20.3 Å². The van der Waals surface area contributed by atoms with Gasteiger partial charge in [-0.1, -0.05) is 19.4 Å². The summed E-state index contributed by atoms with van der Waals surface area (Å²) in [7, 11) is 0.0188. The van der Waals surface area contributed by atoms with Crippen LogP contribution in [0.25, 0.3) is 0 Å². The number of unbranched alkanes of at least 4 members (excludes halogenated alkanes) is 1. The standard InChI is InChI=1S/C14H23NO4S/c1-4-5-10-20(16,17)15-9-8-12-6-7-13(18-2)11-14(12)19-3/h6-7,11,15H,4-5,8-10H2,1-3H3. The third kappa shape index (κ3) is 5.38. The average Bonchev–Trinajstić information content (AvgIpc) is 2.45. The number of hydrogen-bond donors (Lipinski definition) is 1. The van der Waals surface area contributed by atoms with Crippen molar-refractivity contribution in [2.45, 2.75) is 26.2 Å². The van der Waals surface area contributed by atoms with Crippen LogP contribution in [0.3, 0.4) is 0 Å². The number of sulfonamides is 1. The van der Waals surface area contributed by atoms with E-state index in [1.807, 2.05) is 19.1 Å². The lowest BCUT2D eigenvalue weighted by Crippen LogP contribution is -2.28. The summed E-state index contributed by atoms with van der Waals surface area (Å²) in [6.07, 6.45) is 2.13. The molecule has 1 N–H and O–H groups in total. The lowest BCUT2D eigenvalue weighted by atomic mass is 10.1. The molecular formula is C14H23NO4S. The van der Waals surface area contributed by atoms with E-state index in [4.69, 9.17) is 9.47 Å². The molecule has 0 aliphatic rings. The van der Waals surface area contributed by atoms with Crippen LogP contribution in [0.4, 0.5) is 0 Å². The fraction of sp³-hybridized carbons (Fsp3) is 0.571. The molecule has 0 fully saturated rings. The molecule has 6 heteroatoms. The number of rotatable bonds is 9. The molecule has 0 spiro atoms. The van der Waals surface area contributed by atoms with Gasteiger partial charge in [-0.3, -0.25) is 0 Å². The van der Waals surface area contributed by atoms with Gasteiger partial charge in [0.05, 0.1) is 20.0 Å². The molecule has 0 aliphatic carbocycles. The third-order valence-electron chi connectivity index (χ3n) is 2.98. The first-order chi connectivity index (χ1) is 9.52. The van der Waals surface area contributed by atoms with Crippen LogP contribution < -0.4 is 14.2 Å². The highest BCUT2D eigenvalue weighted by Gasteiger charge is 2.10. The first kappa shape index (κ1) is 16.8. The summed E-state index contributed by atoms with van der Waals surface area (Å²) < 4.78 is 36.4. The Labute approximate surface area is 121 Å². The largest absolute Gasteiger partial charge is 0.497 e. The summed E-state index contributed by atoms with van der Waals surface area (Å²) >= 11 is 0. The van der Waals surface area contributed by atoms with Crippen molar-refractivity contribution in [1.29, 1.82) is 0 Å². The van der Waals surface area contributed by atoms with Gasteiger partial charge in [0.2, 0.25) is 10.0 Å². The SMILES string of the molecule is CCCCS(=O)(=O)NCCc1ccc(OC)cc1OC. The normalized spacial score (nSPS) is 11.3.